The van der Waals surface area contributed by atoms with E-state index in [-0.39, 0.29) is 29.5 Å². The number of methoxy groups -OCH3 is 1. The van der Waals surface area contributed by atoms with Crippen LogP contribution in [0.1, 0.15) is 46.0 Å². The Morgan fingerprint density at radius 3 is 2.31 bits per heavy atom. The molecule has 0 saturated heterocycles. The summed E-state index contributed by atoms with van der Waals surface area (Å²) in [5.74, 6) is -1.08. The number of aromatic nitrogens is 1. The van der Waals surface area contributed by atoms with Gasteiger partial charge in [-0.1, -0.05) is 0 Å². The SMILES string of the molecule is CCOc1cc(C(=O)OCC(=O)c2cc(C)n(CC)c2C)c([N+](=O)[O-])cc1OC. The van der Waals surface area contributed by atoms with Crippen molar-refractivity contribution in [1.82, 2.24) is 4.57 Å². The second kappa shape index (κ2) is 9.22. The van der Waals surface area contributed by atoms with E-state index >= 15 is 0 Å². The van der Waals surface area contributed by atoms with Crippen molar-refractivity contribution in [3.05, 3.63) is 50.8 Å². The first-order chi connectivity index (χ1) is 13.7. The lowest BCUT2D eigenvalue weighted by Crippen LogP contribution is -2.16. The van der Waals surface area contributed by atoms with Crippen molar-refractivity contribution in [3.63, 3.8) is 0 Å². The highest BCUT2D eigenvalue weighted by Crippen LogP contribution is 2.35. The van der Waals surface area contributed by atoms with Gasteiger partial charge in [-0.25, -0.2) is 4.79 Å². The van der Waals surface area contributed by atoms with Gasteiger partial charge in [-0.3, -0.25) is 14.9 Å². The number of Topliss-reactive ketones (excluding diaryl/α,β-unsaturated/α-hetero) is 1. The molecule has 1 aromatic carbocycles. The summed E-state index contributed by atoms with van der Waals surface area (Å²) in [6, 6.07) is 4.02. The topological polar surface area (TPSA) is 110 Å². The van der Waals surface area contributed by atoms with Gasteiger partial charge in [0, 0.05) is 29.6 Å². The van der Waals surface area contributed by atoms with Crippen LogP contribution in [-0.2, 0) is 11.3 Å². The molecule has 1 aromatic heterocycles. The van der Waals surface area contributed by atoms with Crippen LogP contribution in [-0.4, -0.2) is 41.6 Å². The number of nitro groups is 1. The summed E-state index contributed by atoms with van der Waals surface area (Å²) in [6.45, 7) is 7.85. The van der Waals surface area contributed by atoms with Gasteiger partial charge in [-0.15, -0.1) is 0 Å². The smallest absolute Gasteiger partial charge is 0.345 e. The van der Waals surface area contributed by atoms with E-state index in [0.717, 1.165) is 17.5 Å². The number of carbonyl (C=O) groups is 2. The number of ketones is 1. The fourth-order valence-electron chi connectivity index (χ4n) is 3.15. The Hall–Kier alpha value is -3.36. The summed E-state index contributed by atoms with van der Waals surface area (Å²) in [6.07, 6.45) is 0. The monoisotopic (exact) mass is 404 g/mol. The molecular formula is C20H24N2O7. The second-order valence-corrected chi connectivity index (χ2v) is 6.24. The molecule has 9 nitrogen and oxygen atoms in total. The van der Waals surface area contributed by atoms with Crippen molar-refractivity contribution < 1.29 is 28.7 Å². The number of benzene rings is 1. The van der Waals surface area contributed by atoms with Crippen LogP contribution in [0.4, 0.5) is 5.69 Å². The standard InChI is InChI=1S/C20H24N2O7/c1-6-21-12(3)8-14(13(21)4)17(23)11-29-20(24)15-9-19(28-7-2)18(27-5)10-16(15)22(25)26/h8-10H,6-7,11H2,1-5H3. The predicted molar refractivity (Wildman–Crippen MR) is 105 cm³/mol. The number of carbonyl (C=O) groups excluding carboxylic acids is 2. The van der Waals surface area contributed by atoms with Crippen molar-refractivity contribution in [3.8, 4) is 11.5 Å². The van der Waals surface area contributed by atoms with Crippen LogP contribution in [0, 0.1) is 24.0 Å². The van der Waals surface area contributed by atoms with Gasteiger partial charge in [0.15, 0.2) is 18.1 Å². The molecule has 0 unspecified atom stereocenters. The first-order valence-corrected chi connectivity index (χ1v) is 9.11. The van der Waals surface area contributed by atoms with E-state index in [1.54, 1.807) is 13.0 Å². The van der Waals surface area contributed by atoms with Crippen LogP contribution in [0.25, 0.3) is 0 Å². The third-order valence-electron chi connectivity index (χ3n) is 4.52. The largest absolute Gasteiger partial charge is 0.493 e. The molecule has 2 rings (SSSR count). The number of ether oxygens (including phenoxy) is 3. The minimum absolute atomic E-state index is 0.123. The van der Waals surface area contributed by atoms with E-state index in [1.165, 1.54) is 13.2 Å². The third kappa shape index (κ3) is 4.56. The van der Waals surface area contributed by atoms with Crippen LogP contribution >= 0.6 is 0 Å². The molecule has 0 aliphatic rings. The Kier molecular flexibility index (Phi) is 6.98. The Morgan fingerprint density at radius 2 is 1.79 bits per heavy atom. The molecule has 1 heterocycles. The zero-order chi connectivity index (χ0) is 21.7. The average molecular weight is 404 g/mol. The molecule has 0 aliphatic heterocycles. The number of hydrogen-bond donors (Lipinski definition) is 0. The quantitative estimate of drug-likeness (QED) is 0.272. The molecule has 2 aromatic rings. The fraction of sp³-hybridized carbons (Fsp3) is 0.400. The van der Waals surface area contributed by atoms with E-state index in [2.05, 4.69) is 0 Å². The first kappa shape index (κ1) is 21.9. The van der Waals surface area contributed by atoms with Gasteiger partial charge in [-0.2, -0.15) is 0 Å². The molecule has 0 saturated carbocycles. The molecule has 156 valence electrons. The number of rotatable bonds is 9. The Morgan fingerprint density at radius 1 is 1.10 bits per heavy atom. The van der Waals surface area contributed by atoms with Crippen molar-refractivity contribution in [2.45, 2.75) is 34.2 Å². The number of hydrogen-bond acceptors (Lipinski definition) is 7. The summed E-state index contributed by atoms with van der Waals surface area (Å²) >= 11 is 0. The van der Waals surface area contributed by atoms with E-state index < -0.39 is 23.2 Å². The third-order valence-corrected chi connectivity index (χ3v) is 4.52. The molecule has 29 heavy (non-hydrogen) atoms. The highest BCUT2D eigenvalue weighted by molar-refractivity contribution is 6.01. The fourth-order valence-corrected chi connectivity index (χ4v) is 3.15. The van der Waals surface area contributed by atoms with Crippen molar-refractivity contribution in [2.75, 3.05) is 20.3 Å². The minimum atomic E-state index is -0.988. The highest BCUT2D eigenvalue weighted by atomic mass is 16.6. The molecule has 0 N–H and O–H groups in total. The lowest BCUT2D eigenvalue weighted by molar-refractivity contribution is -0.385. The maximum atomic E-state index is 12.5. The van der Waals surface area contributed by atoms with Gasteiger partial charge in [0.25, 0.3) is 5.69 Å². The molecular weight excluding hydrogens is 380 g/mol. The van der Waals surface area contributed by atoms with E-state index in [9.17, 15) is 19.7 Å². The van der Waals surface area contributed by atoms with Crippen LogP contribution in [0.3, 0.4) is 0 Å². The van der Waals surface area contributed by atoms with Crippen molar-refractivity contribution in [1.29, 1.82) is 0 Å². The molecule has 0 fully saturated rings. The summed E-state index contributed by atoms with van der Waals surface area (Å²) in [7, 11) is 1.34. The highest BCUT2D eigenvalue weighted by Gasteiger charge is 2.27. The van der Waals surface area contributed by atoms with Gasteiger partial charge in [-0.05, 0) is 33.8 Å². The zero-order valence-corrected chi connectivity index (χ0v) is 17.1. The molecule has 0 bridgehead atoms. The van der Waals surface area contributed by atoms with Crippen LogP contribution in [0.2, 0.25) is 0 Å². The minimum Gasteiger partial charge on any atom is -0.493 e. The van der Waals surface area contributed by atoms with E-state index in [4.69, 9.17) is 14.2 Å². The maximum absolute atomic E-state index is 12.5. The van der Waals surface area contributed by atoms with E-state index in [1.807, 2.05) is 25.3 Å². The second-order valence-electron chi connectivity index (χ2n) is 6.24. The van der Waals surface area contributed by atoms with Gasteiger partial charge in [0.1, 0.15) is 5.56 Å². The van der Waals surface area contributed by atoms with Crippen molar-refractivity contribution in [2.24, 2.45) is 0 Å². The molecule has 0 aliphatic carbocycles. The molecule has 0 atom stereocenters. The maximum Gasteiger partial charge on any atom is 0.345 e. The predicted octanol–water partition coefficient (Wildman–Crippen LogP) is 3.48. The number of nitrogens with zero attached hydrogens (tertiary/aromatic N) is 2. The Balaban J connectivity index is 2.27. The lowest BCUT2D eigenvalue weighted by Gasteiger charge is -2.11. The summed E-state index contributed by atoms with van der Waals surface area (Å²) < 4.78 is 17.5. The Labute approximate surface area is 168 Å². The number of aryl methyl sites for hydroxylation is 1. The Bertz CT molecular complexity index is 947. The normalized spacial score (nSPS) is 10.5. The summed E-state index contributed by atoms with van der Waals surface area (Å²) in [5, 5.41) is 11.4. The van der Waals surface area contributed by atoms with Gasteiger partial charge >= 0.3 is 5.97 Å². The number of esters is 1. The molecule has 0 radical (unpaired) electrons. The lowest BCUT2D eigenvalue weighted by atomic mass is 10.1. The van der Waals surface area contributed by atoms with E-state index in [0.29, 0.717) is 12.1 Å². The zero-order valence-electron chi connectivity index (χ0n) is 17.1. The number of nitro benzene ring substituents is 1. The summed E-state index contributed by atoms with van der Waals surface area (Å²) in [5.41, 5.74) is 1.35. The van der Waals surface area contributed by atoms with Crippen molar-refractivity contribution >= 4 is 17.4 Å². The molecule has 9 heteroatoms. The van der Waals surface area contributed by atoms with Crippen LogP contribution in [0.15, 0.2) is 18.2 Å². The van der Waals surface area contributed by atoms with Gasteiger partial charge in [0.05, 0.1) is 24.7 Å². The molecule has 0 amide bonds. The first-order valence-electron chi connectivity index (χ1n) is 9.11. The molecule has 0 spiro atoms. The average Bonchev–Trinajstić information content (AvgIpc) is 2.98. The summed E-state index contributed by atoms with van der Waals surface area (Å²) in [4.78, 5) is 35.7. The van der Waals surface area contributed by atoms with Gasteiger partial charge in [0.2, 0.25) is 5.78 Å². The van der Waals surface area contributed by atoms with Crippen LogP contribution in [0.5, 0.6) is 11.5 Å². The van der Waals surface area contributed by atoms with Gasteiger partial charge < -0.3 is 18.8 Å². The van der Waals surface area contributed by atoms with Crippen LogP contribution < -0.4 is 9.47 Å².